The molecule has 0 heterocycles. The Kier molecular flexibility index (Phi) is 9.64. The van der Waals surface area contributed by atoms with Gasteiger partial charge in [0.05, 0.1) is 16.1 Å². The Bertz CT molecular complexity index is 121. The van der Waals surface area contributed by atoms with Gasteiger partial charge in [-0.05, 0) is 20.1 Å². The maximum atomic E-state index is 5.47. The minimum absolute atomic E-state index is 0.0486. The van der Waals surface area contributed by atoms with Gasteiger partial charge in [-0.15, -0.1) is 0 Å². The van der Waals surface area contributed by atoms with E-state index in [-0.39, 0.29) is 15.4 Å². The number of ether oxygens (including phenoxy) is 3. The van der Waals surface area contributed by atoms with Crippen LogP contribution in [0.25, 0.3) is 0 Å². The molecule has 0 amide bonds. The Hall–Kier alpha value is 0.0569. The first-order valence-electron chi connectivity index (χ1n) is 4.98. The van der Waals surface area contributed by atoms with E-state index in [9.17, 15) is 0 Å². The predicted molar refractivity (Wildman–Crippen MR) is 60.5 cm³/mol. The van der Waals surface area contributed by atoms with Crippen molar-refractivity contribution >= 4 is 9.52 Å². The van der Waals surface area contributed by atoms with Gasteiger partial charge in [0, 0.05) is 27.4 Å². The number of hydrogen-bond donors (Lipinski definition) is 0. The van der Waals surface area contributed by atoms with Gasteiger partial charge in [-0.1, -0.05) is 0 Å². The number of likely N-dealkylation sites (N-methyl/N-ethyl adjacent to an activating group) is 1. The molecule has 0 radical (unpaired) electrons. The first-order valence-corrected chi connectivity index (χ1v) is 6.80. The number of methoxy groups -OCH3 is 2. The normalized spacial score (nSPS) is 12.4. The summed E-state index contributed by atoms with van der Waals surface area (Å²) in [6, 6.07) is 1.11. The van der Waals surface area contributed by atoms with Crippen molar-refractivity contribution in [2.45, 2.75) is 12.0 Å². The molecular formula is C9H23NO3Si. The molecule has 0 rings (SSSR count). The van der Waals surface area contributed by atoms with Gasteiger partial charge < -0.3 is 19.1 Å². The van der Waals surface area contributed by atoms with Crippen molar-refractivity contribution < 1.29 is 14.2 Å². The Morgan fingerprint density at radius 1 is 1.14 bits per heavy atom. The van der Waals surface area contributed by atoms with Crippen molar-refractivity contribution in [3.05, 3.63) is 0 Å². The van der Waals surface area contributed by atoms with E-state index in [1.807, 2.05) is 14.1 Å². The Balaban J connectivity index is 3.12. The summed E-state index contributed by atoms with van der Waals surface area (Å²) in [5.41, 5.74) is 0. The highest BCUT2D eigenvalue weighted by atomic mass is 28.2. The first kappa shape index (κ1) is 14.1. The third kappa shape index (κ3) is 8.65. The molecule has 0 saturated heterocycles. The first-order chi connectivity index (χ1) is 6.70. The van der Waals surface area contributed by atoms with Crippen LogP contribution >= 0.6 is 0 Å². The average Bonchev–Trinajstić information content (AvgIpc) is 2.16. The summed E-state index contributed by atoms with van der Waals surface area (Å²) in [6.45, 7) is 2.63. The second kappa shape index (κ2) is 9.61. The van der Waals surface area contributed by atoms with Gasteiger partial charge in [-0.3, -0.25) is 0 Å². The molecule has 0 aliphatic heterocycles. The Morgan fingerprint density at radius 2 is 1.79 bits per heavy atom. The van der Waals surface area contributed by atoms with E-state index in [1.165, 1.54) is 0 Å². The summed E-state index contributed by atoms with van der Waals surface area (Å²) in [7, 11) is 7.16. The van der Waals surface area contributed by atoms with Gasteiger partial charge in [0.2, 0.25) is 0 Å². The van der Waals surface area contributed by atoms with Crippen molar-refractivity contribution in [1.29, 1.82) is 0 Å². The molecule has 0 bridgehead atoms. The van der Waals surface area contributed by atoms with Crippen LogP contribution in [0.1, 0.15) is 0 Å². The maximum absolute atomic E-state index is 5.47. The van der Waals surface area contributed by atoms with E-state index in [0.29, 0.717) is 0 Å². The summed E-state index contributed by atoms with van der Waals surface area (Å²) in [5, 5.41) is 0. The fraction of sp³-hybridized carbons (Fsp3) is 1.00. The molecule has 0 aromatic carbocycles. The second-order valence-corrected chi connectivity index (χ2v) is 5.41. The molecule has 14 heavy (non-hydrogen) atoms. The van der Waals surface area contributed by atoms with Crippen LogP contribution in [0.15, 0.2) is 0 Å². The molecule has 0 spiro atoms. The lowest BCUT2D eigenvalue weighted by atomic mass is 10.6. The smallest absolute Gasteiger partial charge is 0.134 e. The number of nitrogens with zero attached hydrogens (tertiary/aromatic N) is 1. The van der Waals surface area contributed by atoms with Gasteiger partial charge in [0.15, 0.2) is 0 Å². The van der Waals surface area contributed by atoms with Crippen molar-refractivity contribution in [3.63, 3.8) is 0 Å². The predicted octanol–water partition coefficient (Wildman–Crippen LogP) is -0.272. The lowest BCUT2D eigenvalue weighted by molar-refractivity contribution is -0.0445. The topological polar surface area (TPSA) is 30.9 Å². The zero-order chi connectivity index (χ0) is 10.8. The van der Waals surface area contributed by atoms with Crippen molar-refractivity contribution in [3.8, 4) is 0 Å². The summed E-state index contributed by atoms with van der Waals surface area (Å²) >= 11 is 0. The van der Waals surface area contributed by atoms with Gasteiger partial charge in [0.1, 0.15) is 5.91 Å². The van der Waals surface area contributed by atoms with Gasteiger partial charge in [-0.25, -0.2) is 0 Å². The molecule has 0 atom stereocenters. The minimum atomic E-state index is -0.305. The molecule has 0 fully saturated rings. The minimum Gasteiger partial charge on any atom is -0.380 e. The van der Waals surface area contributed by atoms with Crippen LogP contribution in [0.5, 0.6) is 0 Å². The second-order valence-electron chi connectivity index (χ2n) is 3.46. The fourth-order valence-corrected chi connectivity index (χ4v) is 2.21. The largest absolute Gasteiger partial charge is 0.380 e. The molecule has 5 heteroatoms. The quantitative estimate of drug-likeness (QED) is 0.305. The molecule has 0 unspecified atom stereocenters. The van der Waals surface area contributed by atoms with Crippen LogP contribution in [-0.2, 0) is 14.2 Å². The lowest BCUT2D eigenvalue weighted by Crippen LogP contribution is -2.23. The summed E-state index contributed by atoms with van der Waals surface area (Å²) < 4.78 is 15.7. The summed E-state index contributed by atoms with van der Waals surface area (Å²) in [4.78, 5) is 2.12. The molecule has 4 nitrogen and oxygen atoms in total. The van der Waals surface area contributed by atoms with Crippen LogP contribution in [0, 0.1) is 0 Å². The van der Waals surface area contributed by atoms with Crippen LogP contribution in [0.3, 0.4) is 0 Å². The molecule has 86 valence electrons. The van der Waals surface area contributed by atoms with Crippen molar-refractivity contribution in [2.24, 2.45) is 0 Å². The number of hydrogen-bond acceptors (Lipinski definition) is 4. The Labute approximate surface area is 89.3 Å². The Morgan fingerprint density at radius 3 is 2.29 bits per heavy atom. The third-order valence-electron chi connectivity index (χ3n) is 1.94. The molecule has 0 aromatic rings. The SMILES string of the molecule is COC(OC)[SiH2]CCOCCN(C)C. The molecule has 0 aromatic heterocycles. The monoisotopic (exact) mass is 221 g/mol. The van der Waals surface area contributed by atoms with Crippen LogP contribution in [0.4, 0.5) is 0 Å². The number of rotatable bonds is 9. The zero-order valence-electron chi connectivity index (χ0n) is 9.78. The maximum Gasteiger partial charge on any atom is 0.134 e. The molecule has 0 saturated carbocycles. The van der Waals surface area contributed by atoms with E-state index in [1.54, 1.807) is 14.2 Å². The highest BCUT2D eigenvalue weighted by Crippen LogP contribution is 1.93. The van der Waals surface area contributed by atoms with Crippen molar-refractivity contribution in [1.82, 2.24) is 4.90 Å². The molecular weight excluding hydrogens is 198 g/mol. The molecule has 0 aliphatic rings. The van der Waals surface area contributed by atoms with Gasteiger partial charge in [0.25, 0.3) is 0 Å². The van der Waals surface area contributed by atoms with Crippen LogP contribution < -0.4 is 0 Å². The molecule has 0 N–H and O–H groups in total. The zero-order valence-corrected chi connectivity index (χ0v) is 11.2. The van der Waals surface area contributed by atoms with E-state index in [4.69, 9.17) is 14.2 Å². The van der Waals surface area contributed by atoms with Crippen LogP contribution in [0.2, 0.25) is 6.04 Å². The van der Waals surface area contributed by atoms with E-state index in [0.717, 1.165) is 25.8 Å². The highest BCUT2D eigenvalue weighted by Gasteiger charge is 2.04. The fourth-order valence-electron chi connectivity index (χ4n) is 1.03. The van der Waals surface area contributed by atoms with Gasteiger partial charge in [-0.2, -0.15) is 0 Å². The average molecular weight is 221 g/mol. The highest BCUT2D eigenvalue weighted by molar-refractivity contribution is 6.36. The molecule has 0 aliphatic carbocycles. The lowest BCUT2D eigenvalue weighted by Gasteiger charge is -2.13. The van der Waals surface area contributed by atoms with Crippen LogP contribution in [-0.4, -0.2) is 68.4 Å². The van der Waals surface area contributed by atoms with Gasteiger partial charge >= 0.3 is 0 Å². The standard InChI is InChI=1S/C9H23NO3Si/c1-10(2)5-6-13-7-8-14-9(11-3)12-4/h9H,5-8,14H2,1-4H3. The van der Waals surface area contributed by atoms with E-state index < -0.39 is 0 Å². The van der Waals surface area contributed by atoms with Crippen molar-refractivity contribution in [2.75, 3.05) is 48.1 Å². The third-order valence-corrected chi connectivity index (χ3v) is 3.77. The summed E-state index contributed by atoms with van der Waals surface area (Å²) in [5.74, 6) is 0.0486. The summed E-state index contributed by atoms with van der Waals surface area (Å²) in [6.07, 6.45) is 0. The van der Waals surface area contributed by atoms with E-state index >= 15 is 0 Å². The van der Waals surface area contributed by atoms with E-state index in [2.05, 4.69) is 4.90 Å².